The molecule has 1 unspecified atom stereocenters. The highest BCUT2D eigenvalue weighted by Gasteiger charge is 2.20. The summed E-state index contributed by atoms with van der Waals surface area (Å²) < 4.78 is 5.36. The summed E-state index contributed by atoms with van der Waals surface area (Å²) in [7, 11) is 3.91. The molecular weight excluding hydrogens is 212 g/mol. The van der Waals surface area contributed by atoms with Gasteiger partial charge in [-0.2, -0.15) is 0 Å². The van der Waals surface area contributed by atoms with Crippen molar-refractivity contribution < 1.29 is 4.74 Å². The molecule has 0 amide bonds. The van der Waals surface area contributed by atoms with Crippen LogP contribution in [0.2, 0.25) is 0 Å². The van der Waals surface area contributed by atoms with E-state index in [0.29, 0.717) is 6.04 Å². The van der Waals surface area contributed by atoms with Crippen LogP contribution in [0, 0.1) is 13.8 Å². The van der Waals surface area contributed by atoms with Crippen LogP contribution in [0.4, 0.5) is 0 Å². The summed E-state index contributed by atoms with van der Waals surface area (Å²) in [6.07, 6.45) is 0. The largest absolute Gasteiger partial charge is 0.496 e. The van der Waals surface area contributed by atoms with Crippen molar-refractivity contribution in [3.63, 3.8) is 0 Å². The summed E-state index contributed by atoms with van der Waals surface area (Å²) in [6.45, 7) is 7.53. The minimum atomic E-state index is 0.443. The number of hydrogen-bond acceptors (Lipinski definition) is 3. The molecule has 0 saturated carbocycles. The van der Waals surface area contributed by atoms with Gasteiger partial charge in [-0.25, -0.2) is 0 Å². The zero-order valence-corrected chi connectivity index (χ0v) is 11.2. The van der Waals surface area contributed by atoms with E-state index in [1.807, 2.05) is 0 Å². The molecule has 3 heteroatoms. The van der Waals surface area contributed by atoms with Gasteiger partial charge in [0.25, 0.3) is 0 Å². The Hall–Kier alpha value is -1.06. The maximum absolute atomic E-state index is 5.36. The molecule has 94 valence electrons. The molecule has 0 spiro atoms. The first-order valence-corrected chi connectivity index (χ1v) is 6.19. The lowest BCUT2D eigenvalue weighted by Gasteiger charge is -2.32. The Morgan fingerprint density at radius 3 is 2.71 bits per heavy atom. The second kappa shape index (κ2) is 5.07. The lowest BCUT2D eigenvalue weighted by molar-refractivity contribution is 0.240. The Labute approximate surface area is 104 Å². The predicted octanol–water partition coefficient (Wildman–Crippen LogP) is 1.89. The van der Waals surface area contributed by atoms with Crippen molar-refractivity contribution in [1.29, 1.82) is 0 Å². The van der Waals surface area contributed by atoms with Crippen molar-refractivity contribution in [2.45, 2.75) is 19.9 Å². The molecule has 0 radical (unpaired) electrons. The van der Waals surface area contributed by atoms with Crippen LogP contribution >= 0.6 is 0 Å². The van der Waals surface area contributed by atoms with Gasteiger partial charge in [-0.1, -0.05) is 6.07 Å². The number of ether oxygens (including phenoxy) is 1. The standard InChI is InChI=1S/C14H22N2O/c1-10-8-14(17-4)11(2)7-12(10)13-9-16(3)6-5-15-13/h7-8,13,15H,5-6,9H2,1-4H3. The van der Waals surface area contributed by atoms with Crippen LogP contribution in [-0.2, 0) is 0 Å². The monoisotopic (exact) mass is 234 g/mol. The summed E-state index contributed by atoms with van der Waals surface area (Å²) in [4.78, 5) is 2.38. The molecule has 1 aliphatic rings. The Bertz CT molecular complexity index is 403. The highest BCUT2D eigenvalue weighted by Crippen LogP contribution is 2.27. The molecule has 1 heterocycles. The molecule has 3 nitrogen and oxygen atoms in total. The Morgan fingerprint density at radius 1 is 1.29 bits per heavy atom. The van der Waals surface area contributed by atoms with Gasteiger partial charge in [0.15, 0.2) is 0 Å². The van der Waals surface area contributed by atoms with Crippen molar-refractivity contribution >= 4 is 0 Å². The highest BCUT2D eigenvalue weighted by atomic mass is 16.5. The molecule has 1 aromatic carbocycles. The molecule has 1 aromatic rings. The number of benzene rings is 1. The molecule has 2 rings (SSSR count). The third-order valence-electron chi connectivity index (χ3n) is 3.54. The number of likely N-dealkylation sites (N-methyl/N-ethyl adjacent to an activating group) is 1. The minimum absolute atomic E-state index is 0.443. The van der Waals surface area contributed by atoms with Gasteiger partial charge in [0.2, 0.25) is 0 Å². The fourth-order valence-electron chi connectivity index (χ4n) is 2.51. The summed E-state index contributed by atoms with van der Waals surface area (Å²) in [5.41, 5.74) is 3.92. The quantitative estimate of drug-likeness (QED) is 0.845. The third-order valence-corrected chi connectivity index (χ3v) is 3.54. The van der Waals surface area contributed by atoms with E-state index in [9.17, 15) is 0 Å². The van der Waals surface area contributed by atoms with E-state index < -0.39 is 0 Å². The highest BCUT2D eigenvalue weighted by molar-refractivity contribution is 5.43. The van der Waals surface area contributed by atoms with Crippen LogP contribution in [0.5, 0.6) is 5.75 Å². The van der Waals surface area contributed by atoms with Gasteiger partial charge in [0.05, 0.1) is 7.11 Å². The van der Waals surface area contributed by atoms with E-state index in [4.69, 9.17) is 4.74 Å². The molecule has 0 aromatic heterocycles. The lowest BCUT2D eigenvalue weighted by atomic mass is 9.97. The smallest absolute Gasteiger partial charge is 0.122 e. The van der Waals surface area contributed by atoms with E-state index in [2.05, 4.69) is 43.2 Å². The van der Waals surface area contributed by atoms with Gasteiger partial charge < -0.3 is 15.0 Å². The average Bonchev–Trinajstić information content (AvgIpc) is 2.31. The number of hydrogen-bond donors (Lipinski definition) is 1. The van der Waals surface area contributed by atoms with E-state index in [1.54, 1.807) is 7.11 Å². The number of rotatable bonds is 2. The maximum Gasteiger partial charge on any atom is 0.122 e. The fourth-order valence-corrected chi connectivity index (χ4v) is 2.51. The second-order valence-electron chi connectivity index (χ2n) is 4.95. The predicted molar refractivity (Wildman–Crippen MR) is 70.7 cm³/mol. The van der Waals surface area contributed by atoms with Gasteiger partial charge in [-0.05, 0) is 43.7 Å². The van der Waals surface area contributed by atoms with E-state index >= 15 is 0 Å². The van der Waals surface area contributed by atoms with Crippen molar-refractivity contribution in [2.75, 3.05) is 33.8 Å². The number of nitrogens with one attached hydrogen (secondary N) is 1. The first kappa shape index (κ1) is 12.4. The van der Waals surface area contributed by atoms with Gasteiger partial charge in [0.1, 0.15) is 5.75 Å². The molecule has 1 fully saturated rings. The van der Waals surface area contributed by atoms with Crippen LogP contribution < -0.4 is 10.1 Å². The molecule has 1 aliphatic heterocycles. The third kappa shape index (κ3) is 2.61. The first-order chi connectivity index (χ1) is 8.11. The zero-order valence-electron chi connectivity index (χ0n) is 11.2. The molecule has 0 aliphatic carbocycles. The van der Waals surface area contributed by atoms with Gasteiger partial charge >= 0.3 is 0 Å². The van der Waals surface area contributed by atoms with Crippen LogP contribution in [0.15, 0.2) is 12.1 Å². The zero-order chi connectivity index (χ0) is 12.4. The minimum Gasteiger partial charge on any atom is -0.496 e. The van der Waals surface area contributed by atoms with Gasteiger partial charge in [-0.3, -0.25) is 0 Å². The average molecular weight is 234 g/mol. The van der Waals surface area contributed by atoms with Gasteiger partial charge in [0, 0.05) is 25.7 Å². The topological polar surface area (TPSA) is 24.5 Å². The number of piperazine rings is 1. The van der Waals surface area contributed by atoms with E-state index in [0.717, 1.165) is 25.4 Å². The van der Waals surface area contributed by atoms with Crippen molar-refractivity contribution in [3.05, 3.63) is 28.8 Å². The van der Waals surface area contributed by atoms with Crippen LogP contribution in [0.1, 0.15) is 22.7 Å². The molecular formula is C14H22N2O. The van der Waals surface area contributed by atoms with E-state index in [-0.39, 0.29) is 0 Å². The molecule has 1 saturated heterocycles. The normalized spacial score (nSPS) is 21.5. The first-order valence-electron chi connectivity index (χ1n) is 6.19. The second-order valence-corrected chi connectivity index (χ2v) is 4.95. The van der Waals surface area contributed by atoms with Crippen molar-refractivity contribution in [2.24, 2.45) is 0 Å². The molecule has 0 bridgehead atoms. The van der Waals surface area contributed by atoms with Crippen LogP contribution in [-0.4, -0.2) is 38.7 Å². The van der Waals surface area contributed by atoms with Crippen molar-refractivity contribution in [1.82, 2.24) is 10.2 Å². The summed E-state index contributed by atoms with van der Waals surface area (Å²) in [5, 5.41) is 3.59. The SMILES string of the molecule is COc1cc(C)c(C2CN(C)CCN2)cc1C. The summed E-state index contributed by atoms with van der Waals surface area (Å²) in [5.74, 6) is 0.982. The summed E-state index contributed by atoms with van der Waals surface area (Å²) in [6, 6.07) is 4.84. The number of methoxy groups -OCH3 is 1. The molecule has 1 atom stereocenters. The van der Waals surface area contributed by atoms with E-state index in [1.165, 1.54) is 16.7 Å². The van der Waals surface area contributed by atoms with Gasteiger partial charge in [-0.15, -0.1) is 0 Å². The maximum atomic E-state index is 5.36. The van der Waals surface area contributed by atoms with Crippen LogP contribution in [0.3, 0.4) is 0 Å². The number of aryl methyl sites for hydroxylation is 2. The lowest BCUT2D eigenvalue weighted by Crippen LogP contribution is -2.43. The number of nitrogens with zero attached hydrogens (tertiary/aromatic N) is 1. The Morgan fingerprint density at radius 2 is 2.06 bits per heavy atom. The fraction of sp³-hybridized carbons (Fsp3) is 0.571. The molecule has 1 N–H and O–H groups in total. The van der Waals surface area contributed by atoms with Crippen molar-refractivity contribution in [3.8, 4) is 5.75 Å². The molecule has 17 heavy (non-hydrogen) atoms. The van der Waals surface area contributed by atoms with Crippen LogP contribution in [0.25, 0.3) is 0 Å². The Kier molecular flexibility index (Phi) is 3.69. The Balaban J connectivity index is 2.28. The summed E-state index contributed by atoms with van der Waals surface area (Å²) >= 11 is 0.